The van der Waals surface area contributed by atoms with E-state index >= 15 is 0 Å². The van der Waals surface area contributed by atoms with Gasteiger partial charge in [0.25, 0.3) is 0 Å². The van der Waals surface area contributed by atoms with Crippen molar-refractivity contribution in [2.45, 2.75) is 6.92 Å². The lowest BCUT2D eigenvalue weighted by Gasteiger charge is -1.99. The van der Waals surface area contributed by atoms with Crippen LogP contribution < -0.4 is 0 Å². The first-order valence-electron chi connectivity index (χ1n) is 4.60. The summed E-state index contributed by atoms with van der Waals surface area (Å²) in [5, 5.41) is 0. The molecule has 3 heteroatoms. The van der Waals surface area contributed by atoms with E-state index in [1.165, 1.54) is 6.08 Å². The van der Waals surface area contributed by atoms with Gasteiger partial charge in [-0.15, -0.1) is 0 Å². The van der Waals surface area contributed by atoms with Gasteiger partial charge in [-0.05, 0) is 18.6 Å². The Morgan fingerprint density at radius 2 is 2.07 bits per heavy atom. The van der Waals surface area contributed by atoms with Crippen LogP contribution in [0.1, 0.15) is 12.5 Å². The summed E-state index contributed by atoms with van der Waals surface area (Å²) in [7, 11) is 0. The van der Waals surface area contributed by atoms with E-state index in [0.717, 1.165) is 5.56 Å². The summed E-state index contributed by atoms with van der Waals surface area (Å²) >= 11 is 0. The van der Waals surface area contributed by atoms with Crippen molar-refractivity contribution < 1.29 is 14.3 Å². The topological polar surface area (TPSA) is 43.4 Å². The highest BCUT2D eigenvalue weighted by Crippen LogP contribution is 2.06. The predicted octanol–water partition coefficient (Wildman–Crippen LogP) is 1.74. The Bertz CT molecular complexity index is 366. The monoisotopic (exact) mass is 203 g/mol. The Balaban J connectivity index is 2.87. The number of hydrogen-bond donors (Lipinski definition) is 0. The number of benzene rings is 1. The molecule has 1 aromatic carbocycles. The smallest absolute Gasteiger partial charge is 0.342 e. The van der Waals surface area contributed by atoms with E-state index in [4.69, 9.17) is 4.74 Å². The molecular weight excluding hydrogens is 192 g/mol. The summed E-state index contributed by atoms with van der Waals surface area (Å²) in [6.45, 7) is 1.93. The molecular formula is C12H11O3. The van der Waals surface area contributed by atoms with Gasteiger partial charge in [0, 0.05) is 0 Å². The third-order valence-electron chi connectivity index (χ3n) is 1.72. The molecule has 0 bridgehead atoms. The lowest BCUT2D eigenvalue weighted by atomic mass is 10.1. The third kappa shape index (κ3) is 3.38. The van der Waals surface area contributed by atoms with E-state index in [1.54, 1.807) is 25.3 Å². The van der Waals surface area contributed by atoms with Gasteiger partial charge in [0.2, 0.25) is 6.29 Å². The molecule has 77 valence electrons. The summed E-state index contributed by atoms with van der Waals surface area (Å²) < 4.78 is 4.70. The Labute approximate surface area is 88.4 Å². The van der Waals surface area contributed by atoms with Gasteiger partial charge in [-0.25, -0.2) is 4.79 Å². The minimum atomic E-state index is -0.642. The van der Waals surface area contributed by atoms with Crippen LogP contribution in [0.4, 0.5) is 0 Å². The van der Waals surface area contributed by atoms with Gasteiger partial charge in [0.05, 0.1) is 6.61 Å². The minimum absolute atomic E-state index is 0.0944. The Morgan fingerprint density at radius 3 is 2.60 bits per heavy atom. The lowest BCUT2D eigenvalue weighted by molar-refractivity contribution is -0.137. The van der Waals surface area contributed by atoms with Crippen molar-refractivity contribution in [3.8, 4) is 0 Å². The molecule has 0 saturated carbocycles. The molecule has 0 aliphatic rings. The van der Waals surface area contributed by atoms with Crippen molar-refractivity contribution in [3.05, 3.63) is 41.5 Å². The maximum atomic E-state index is 11.2. The largest absolute Gasteiger partial charge is 0.462 e. The molecule has 1 aromatic rings. The number of rotatable bonds is 4. The van der Waals surface area contributed by atoms with Gasteiger partial charge in [-0.2, -0.15) is 0 Å². The standard InChI is InChI=1S/C12H11O3/c1-2-15-12(14)11(9-13)8-10-6-4-3-5-7-10/h3-8H,2H2,1H3. The highest BCUT2D eigenvalue weighted by atomic mass is 16.5. The van der Waals surface area contributed by atoms with Crippen molar-refractivity contribution in [1.29, 1.82) is 0 Å². The quantitative estimate of drug-likeness (QED) is 0.324. The third-order valence-corrected chi connectivity index (χ3v) is 1.72. The fraction of sp³-hybridized carbons (Fsp3) is 0.167. The first-order valence-corrected chi connectivity index (χ1v) is 4.60. The second-order valence-corrected chi connectivity index (χ2v) is 2.79. The Hall–Kier alpha value is -1.90. The van der Waals surface area contributed by atoms with Crippen LogP contribution >= 0.6 is 0 Å². The number of hydrogen-bond acceptors (Lipinski definition) is 3. The molecule has 0 aromatic heterocycles. The van der Waals surface area contributed by atoms with Crippen LogP contribution in [0.3, 0.4) is 0 Å². The average Bonchev–Trinajstić information content (AvgIpc) is 2.27. The van der Waals surface area contributed by atoms with E-state index in [0.29, 0.717) is 0 Å². The molecule has 1 radical (unpaired) electrons. The summed E-state index contributed by atoms with van der Waals surface area (Å²) in [6.07, 6.45) is 3.02. The lowest BCUT2D eigenvalue weighted by Crippen LogP contribution is -2.08. The molecule has 15 heavy (non-hydrogen) atoms. The van der Waals surface area contributed by atoms with Crippen LogP contribution in [0, 0.1) is 0 Å². The summed E-state index contributed by atoms with van der Waals surface area (Å²) in [5.74, 6) is -0.642. The number of esters is 1. The maximum Gasteiger partial charge on any atom is 0.342 e. The van der Waals surface area contributed by atoms with E-state index in [1.807, 2.05) is 18.2 Å². The highest BCUT2D eigenvalue weighted by molar-refractivity contribution is 6.12. The van der Waals surface area contributed by atoms with Gasteiger partial charge in [0.1, 0.15) is 5.57 Å². The molecule has 0 saturated heterocycles. The zero-order valence-electron chi connectivity index (χ0n) is 8.40. The molecule has 0 aliphatic heterocycles. The van der Waals surface area contributed by atoms with E-state index in [-0.39, 0.29) is 12.2 Å². The van der Waals surface area contributed by atoms with Crippen LogP contribution in [0.2, 0.25) is 0 Å². The van der Waals surface area contributed by atoms with Crippen molar-refractivity contribution >= 4 is 18.3 Å². The molecule has 0 unspecified atom stereocenters. The van der Waals surface area contributed by atoms with Crippen molar-refractivity contribution in [2.75, 3.05) is 6.61 Å². The second kappa shape index (κ2) is 5.75. The van der Waals surface area contributed by atoms with Crippen molar-refractivity contribution in [2.24, 2.45) is 0 Å². The van der Waals surface area contributed by atoms with Crippen LogP contribution in [-0.4, -0.2) is 18.9 Å². The Kier molecular flexibility index (Phi) is 4.29. The Morgan fingerprint density at radius 1 is 1.40 bits per heavy atom. The second-order valence-electron chi connectivity index (χ2n) is 2.79. The zero-order valence-corrected chi connectivity index (χ0v) is 8.40. The highest BCUT2D eigenvalue weighted by Gasteiger charge is 2.09. The van der Waals surface area contributed by atoms with Crippen molar-refractivity contribution in [3.63, 3.8) is 0 Å². The molecule has 0 amide bonds. The molecule has 0 spiro atoms. The summed E-state index contributed by atoms with van der Waals surface area (Å²) in [4.78, 5) is 21.8. The number of carbonyl (C=O) groups is 1. The molecule has 0 heterocycles. The first-order chi connectivity index (χ1) is 7.27. The molecule has 1 rings (SSSR count). The fourth-order valence-corrected chi connectivity index (χ4v) is 1.05. The van der Waals surface area contributed by atoms with Crippen LogP contribution in [0.5, 0.6) is 0 Å². The average molecular weight is 203 g/mol. The first kappa shape index (κ1) is 11.2. The number of ether oxygens (including phenoxy) is 1. The van der Waals surface area contributed by atoms with Gasteiger partial charge < -0.3 is 4.74 Å². The van der Waals surface area contributed by atoms with Gasteiger partial charge in [-0.3, -0.25) is 4.79 Å². The van der Waals surface area contributed by atoms with Gasteiger partial charge >= 0.3 is 5.97 Å². The summed E-state index contributed by atoms with van der Waals surface area (Å²) in [6, 6.07) is 9.07. The van der Waals surface area contributed by atoms with E-state index in [2.05, 4.69) is 0 Å². The van der Waals surface area contributed by atoms with Gasteiger partial charge in [0.15, 0.2) is 0 Å². The minimum Gasteiger partial charge on any atom is -0.462 e. The van der Waals surface area contributed by atoms with Crippen molar-refractivity contribution in [1.82, 2.24) is 0 Å². The van der Waals surface area contributed by atoms with Crippen LogP contribution in [-0.2, 0) is 14.3 Å². The molecule has 0 aliphatic carbocycles. The normalized spacial score (nSPS) is 10.9. The summed E-state index contributed by atoms with van der Waals surface area (Å²) in [5.41, 5.74) is 0.673. The zero-order chi connectivity index (χ0) is 11.1. The molecule has 0 N–H and O–H groups in total. The van der Waals surface area contributed by atoms with Crippen LogP contribution in [0.25, 0.3) is 6.08 Å². The van der Waals surface area contributed by atoms with Gasteiger partial charge in [-0.1, -0.05) is 30.3 Å². The molecule has 0 fully saturated rings. The number of carbonyl (C=O) groups excluding carboxylic acids is 2. The molecule has 3 nitrogen and oxygen atoms in total. The maximum absolute atomic E-state index is 11.2. The van der Waals surface area contributed by atoms with E-state index < -0.39 is 5.97 Å². The molecule has 0 atom stereocenters. The fourth-order valence-electron chi connectivity index (χ4n) is 1.05. The van der Waals surface area contributed by atoms with E-state index in [9.17, 15) is 9.59 Å². The van der Waals surface area contributed by atoms with Crippen LogP contribution in [0.15, 0.2) is 35.9 Å². The SMILES string of the molecule is CCOC(=O)C([C]=O)=Cc1ccccc1. The predicted molar refractivity (Wildman–Crippen MR) is 56.7 cm³/mol.